The standard InChI is InChI=1S/C14H23N3O/c1-10(2)7-12-8-14-15-5-3-13(17(14)16-12)11-4-6-18-9-11/h8,10-11,13,15H,3-7,9H2,1-2H3. The largest absolute Gasteiger partial charge is 0.381 e. The van der Waals surface area contributed by atoms with Gasteiger partial charge in [0, 0.05) is 25.1 Å². The van der Waals surface area contributed by atoms with Crippen LogP contribution in [-0.4, -0.2) is 29.5 Å². The molecule has 0 spiro atoms. The third kappa shape index (κ3) is 2.26. The monoisotopic (exact) mass is 249 g/mol. The van der Waals surface area contributed by atoms with Gasteiger partial charge >= 0.3 is 0 Å². The molecule has 1 saturated heterocycles. The molecule has 3 rings (SSSR count). The van der Waals surface area contributed by atoms with E-state index in [0.717, 1.165) is 26.2 Å². The van der Waals surface area contributed by atoms with E-state index in [1.54, 1.807) is 0 Å². The lowest BCUT2D eigenvalue weighted by Gasteiger charge is -2.29. The SMILES string of the molecule is CC(C)Cc1cc2n(n1)C(C1CCOC1)CCN2. The van der Waals surface area contributed by atoms with Gasteiger partial charge in [0.25, 0.3) is 0 Å². The highest BCUT2D eigenvalue weighted by Crippen LogP contribution is 2.34. The molecule has 0 aliphatic carbocycles. The van der Waals surface area contributed by atoms with Crippen LogP contribution in [0.1, 0.15) is 38.4 Å². The van der Waals surface area contributed by atoms with Gasteiger partial charge in [-0.2, -0.15) is 5.10 Å². The molecule has 1 N–H and O–H groups in total. The molecule has 4 nitrogen and oxygen atoms in total. The molecule has 100 valence electrons. The Morgan fingerprint density at radius 2 is 2.39 bits per heavy atom. The summed E-state index contributed by atoms with van der Waals surface area (Å²) in [6.07, 6.45) is 3.42. The van der Waals surface area contributed by atoms with Gasteiger partial charge in [-0.1, -0.05) is 13.8 Å². The van der Waals surface area contributed by atoms with Gasteiger partial charge < -0.3 is 10.1 Å². The highest BCUT2D eigenvalue weighted by Gasteiger charge is 2.31. The Morgan fingerprint density at radius 3 is 3.11 bits per heavy atom. The molecule has 4 heteroatoms. The second kappa shape index (κ2) is 4.92. The molecule has 2 atom stereocenters. The third-order valence-corrected chi connectivity index (χ3v) is 3.97. The number of anilines is 1. The first-order valence-electron chi connectivity index (χ1n) is 7.14. The summed E-state index contributed by atoms with van der Waals surface area (Å²) >= 11 is 0. The minimum atomic E-state index is 0.532. The van der Waals surface area contributed by atoms with Gasteiger partial charge in [0.05, 0.1) is 18.3 Å². The molecular weight excluding hydrogens is 226 g/mol. The van der Waals surface area contributed by atoms with Crippen LogP contribution in [0.5, 0.6) is 0 Å². The lowest BCUT2D eigenvalue weighted by atomic mass is 9.95. The van der Waals surface area contributed by atoms with Crippen LogP contribution in [0, 0.1) is 11.8 Å². The van der Waals surface area contributed by atoms with Gasteiger partial charge in [0.1, 0.15) is 5.82 Å². The van der Waals surface area contributed by atoms with E-state index in [4.69, 9.17) is 9.84 Å². The predicted octanol–water partition coefficient (Wildman–Crippen LogP) is 2.47. The summed E-state index contributed by atoms with van der Waals surface area (Å²) in [5, 5.41) is 8.28. The number of hydrogen-bond donors (Lipinski definition) is 1. The molecule has 2 aliphatic rings. The maximum atomic E-state index is 5.54. The topological polar surface area (TPSA) is 39.1 Å². The second-order valence-electron chi connectivity index (χ2n) is 5.97. The van der Waals surface area contributed by atoms with Crippen molar-refractivity contribution in [1.82, 2.24) is 9.78 Å². The summed E-state index contributed by atoms with van der Waals surface area (Å²) in [5.74, 6) is 2.52. The van der Waals surface area contributed by atoms with Gasteiger partial charge in [-0.15, -0.1) is 0 Å². The predicted molar refractivity (Wildman–Crippen MR) is 71.8 cm³/mol. The fourth-order valence-corrected chi connectivity index (χ4v) is 3.11. The van der Waals surface area contributed by atoms with Gasteiger partial charge in [-0.25, -0.2) is 4.68 Å². The van der Waals surface area contributed by atoms with E-state index in [1.807, 2.05) is 0 Å². The van der Waals surface area contributed by atoms with Gasteiger partial charge in [0.2, 0.25) is 0 Å². The van der Waals surface area contributed by atoms with Crippen molar-refractivity contribution in [2.45, 2.75) is 39.2 Å². The second-order valence-corrected chi connectivity index (χ2v) is 5.97. The lowest BCUT2D eigenvalue weighted by Crippen LogP contribution is -2.29. The highest BCUT2D eigenvalue weighted by atomic mass is 16.5. The molecule has 0 saturated carbocycles. The fraction of sp³-hybridized carbons (Fsp3) is 0.786. The molecule has 0 aromatic carbocycles. The number of nitrogens with zero attached hydrogens (tertiary/aromatic N) is 2. The van der Waals surface area contributed by atoms with Crippen LogP contribution in [0.15, 0.2) is 6.07 Å². The Labute approximate surface area is 109 Å². The number of hydrogen-bond acceptors (Lipinski definition) is 3. The van der Waals surface area contributed by atoms with Crippen molar-refractivity contribution < 1.29 is 4.74 Å². The summed E-state index contributed by atoms with van der Waals surface area (Å²) in [6, 6.07) is 2.76. The average Bonchev–Trinajstić information content (AvgIpc) is 2.94. The Hall–Kier alpha value is -1.03. The minimum Gasteiger partial charge on any atom is -0.381 e. The van der Waals surface area contributed by atoms with E-state index in [2.05, 4.69) is 29.9 Å². The van der Waals surface area contributed by atoms with Gasteiger partial charge in [-0.05, 0) is 25.2 Å². The number of fused-ring (bicyclic) bond motifs is 1. The first-order chi connectivity index (χ1) is 8.74. The molecular formula is C14H23N3O. The van der Waals surface area contributed by atoms with Crippen LogP contribution in [0.4, 0.5) is 5.82 Å². The van der Waals surface area contributed by atoms with E-state index in [9.17, 15) is 0 Å². The first-order valence-corrected chi connectivity index (χ1v) is 7.14. The minimum absolute atomic E-state index is 0.532. The smallest absolute Gasteiger partial charge is 0.124 e. The Bertz CT molecular complexity index is 407. The van der Waals surface area contributed by atoms with Crippen LogP contribution < -0.4 is 5.32 Å². The third-order valence-electron chi connectivity index (χ3n) is 3.97. The molecule has 0 amide bonds. The van der Waals surface area contributed by atoms with E-state index >= 15 is 0 Å². The Balaban J connectivity index is 1.82. The molecule has 2 aliphatic heterocycles. The van der Waals surface area contributed by atoms with Crippen LogP contribution in [0.2, 0.25) is 0 Å². The summed E-state index contributed by atoms with van der Waals surface area (Å²) < 4.78 is 7.76. The molecule has 0 radical (unpaired) electrons. The van der Waals surface area contributed by atoms with E-state index in [1.165, 1.54) is 24.4 Å². The molecule has 18 heavy (non-hydrogen) atoms. The van der Waals surface area contributed by atoms with Gasteiger partial charge in [0.15, 0.2) is 0 Å². The van der Waals surface area contributed by atoms with Crippen molar-refractivity contribution in [3.05, 3.63) is 11.8 Å². The zero-order valence-corrected chi connectivity index (χ0v) is 11.4. The Morgan fingerprint density at radius 1 is 1.50 bits per heavy atom. The zero-order valence-electron chi connectivity index (χ0n) is 11.4. The number of aromatic nitrogens is 2. The molecule has 1 aromatic heterocycles. The molecule has 0 bridgehead atoms. The highest BCUT2D eigenvalue weighted by molar-refractivity contribution is 5.39. The lowest BCUT2D eigenvalue weighted by molar-refractivity contribution is 0.167. The zero-order chi connectivity index (χ0) is 12.5. The van der Waals surface area contributed by atoms with Crippen LogP contribution in [-0.2, 0) is 11.2 Å². The average molecular weight is 249 g/mol. The summed E-state index contributed by atoms with van der Waals surface area (Å²) in [7, 11) is 0. The molecule has 2 unspecified atom stereocenters. The maximum Gasteiger partial charge on any atom is 0.124 e. The maximum absolute atomic E-state index is 5.54. The number of ether oxygens (including phenoxy) is 1. The molecule has 1 aromatic rings. The van der Waals surface area contributed by atoms with Crippen molar-refractivity contribution in [3.8, 4) is 0 Å². The van der Waals surface area contributed by atoms with E-state index in [-0.39, 0.29) is 0 Å². The van der Waals surface area contributed by atoms with Crippen molar-refractivity contribution in [3.63, 3.8) is 0 Å². The van der Waals surface area contributed by atoms with Gasteiger partial charge in [-0.3, -0.25) is 0 Å². The first kappa shape index (κ1) is 12.0. The normalized spacial score (nSPS) is 27.3. The van der Waals surface area contributed by atoms with Crippen LogP contribution >= 0.6 is 0 Å². The van der Waals surface area contributed by atoms with Crippen LogP contribution in [0.25, 0.3) is 0 Å². The Kier molecular flexibility index (Phi) is 3.29. The number of nitrogens with one attached hydrogen (secondary N) is 1. The van der Waals surface area contributed by atoms with Crippen molar-refractivity contribution in [2.75, 3.05) is 25.1 Å². The summed E-state index contributed by atoms with van der Waals surface area (Å²) in [4.78, 5) is 0. The molecule has 1 fully saturated rings. The van der Waals surface area contributed by atoms with Crippen LogP contribution in [0.3, 0.4) is 0 Å². The van der Waals surface area contributed by atoms with Crippen molar-refractivity contribution >= 4 is 5.82 Å². The van der Waals surface area contributed by atoms with Crippen molar-refractivity contribution in [2.24, 2.45) is 11.8 Å². The summed E-state index contributed by atoms with van der Waals surface area (Å²) in [5.41, 5.74) is 1.22. The van der Waals surface area contributed by atoms with E-state index in [0.29, 0.717) is 17.9 Å². The quantitative estimate of drug-likeness (QED) is 0.894. The molecule has 3 heterocycles. The van der Waals surface area contributed by atoms with Crippen molar-refractivity contribution in [1.29, 1.82) is 0 Å². The fourth-order valence-electron chi connectivity index (χ4n) is 3.11. The van der Waals surface area contributed by atoms with E-state index < -0.39 is 0 Å². The summed E-state index contributed by atoms with van der Waals surface area (Å²) in [6.45, 7) is 7.38. The number of rotatable bonds is 3.